The second kappa shape index (κ2) is 5.28. The van der Waals surface area contributed by atoms with Crippen LogP contribution in [0.4, 0.5) is 0 Å². The standard InChI is InChI=1S/C16H13NO4/c1-20-14-8-4-2-6-11(14)13(18)10-17-12-7-3-5-9-15(12)21-16(17)19/h2-9H,10H2,1H3. The maximum absolute atomic E-state index is 12.4. The van der Waals surface area contributed by atoms with Crippen LogP contribution in [0.5, 0.6) is 5.75 Å². The van der Waals surface area contributed by atoms with Gasteiger partial charge in [-0.1, -0.05) is 24.3 Å². The van der Waals surface area contributed by atoms with Gasteiger partial charge in [0, 0.05) is 0 Å². The number of aromatic nitrogens is 1. The average molecular weight is 283 g/mol. The predicted octanol–water partition coefficient (Wildman–Crippen LogP) is 2.49. The molecule has 0 atom stereocenters. The molecule has 1 heterocycles. The quantitative estimate of drug-likeness (QED) is 0.690. The maximum atomic E-state index is 12.4. The number of oxazole rings is 1. The number of carbonyl (C=O) groups is 1. The molecule has 21 heavy (non-hydrogen) atoms. The second-order valence-electron chi connectivity index (χ2n) is 4.55. The highest BCUT2D eigenvalue weighted by Gasteiger charge is 2.16. The summed E-state index contributed by atoms with van der Waals surface area (Å²) in [6, 6.07) is 13.9. The highest BCUT2D eigenvalue weighted by molar-refractivity contribution is 5.99. The first-order valence-corrected chi connectivity index (χ1v) is 6.45. The van der Waals surface area contributed by atoms with Crippen LogP contribution in [0, 0.1) is 0 Å². The monoisotopic (exact) mass is 283 g/mol. The summed E-state index contributed by atoms with van der Waals surface area (Å²) in [5.41, 5.74) is 1.51. The van der Waals surface area contributed by atoms with Crippen molar-refractivity contribution in [1.29, 1.82) is 0 Å². The van der Waals surface area contributed by atoms with E-state index in [1.807, 2.05) is 0 Å². The Morgan fingerprint density at radius 2 is 1.86 bits per heavy atom. The average Bonchev–Trinajstić information content (AvgIpc) is 2.83. The minimum absolute atomic E-state index is 0.0871. The van der Waals surface area contributed by atoms with Gasteiger partial charge in [-0.05, 0) is 24.3 Å². The number of ether oxygens (including phenoxy) is 1. The molecule has 0 aliphatic rings. The van der Waals surface area contributed by atoms with Gasteiger partial charge in [-0.3, -0.25) is 9.36 Å². The fraction of sp³-hybridized carbons (Fsp3) is 0.125. The Hall–Kier alpha value is -2.82. The largest absolute Gasteiger partial charge is 0.496 e. The van der Waals surface area contributed by atoms with Crippen molar-refractivity contribution >= 4 is 16.9 Å². The van der Waals surface area contributed by atoms with Crippen LogP contribution >= 0.6 is 0 Å². The highest BCUT2D eigenvalue weighted by atomic mass is 16.5. The van der Waals surface area contributed by atoms with Crippen molar-refractivity contribution in [2.45, 2.75) is 6.54 Å². The van der Waals surface area contributed by atoms with Gasteiger partial charge in [0.15, 0.2) is 11.4 Å². The molecule has 0 saturated carbocycles. The number of nitrogens with zero attached hydrogens (tertiary/aromatic N) is 1. The summed E-state index contributed by atoms with van der Waals surface area (Å²) in [4.78, 5) is 24.3. The summed E-state index contributed by atoms with van der Waals surface area (Å²) in [5, 5.41) is 0. The van der Waals surface area contributed by atoms with Crippen LogP contribution < -0.4 is 10.5 Å². The Labute approximate surface area is 120 Å². The number of Topliss-reactive ketones (excluding diaryl/α,β-unsaturated/α-hetero) is 1. The molecule has 0 unspecified atom stereocenters. The molecule has 5 heteroatoms. The molecule has 3 rings (SSSR count). The van der Waals surface area contributed by atoms with E-state index in [0.29, 0.717) is 22.4 Å². The van der Waals surface area contributed by atoms with Crippen molar-refractivity contribution in [3.8, 4) is 5.75 Å². The van der Waals surface area contributed by atoms with Crippen LogP contribution in [0.2, 0.25) is 0 Å². The first-order chi connectivity index (χ1) is 10.2. The number of hydrogen-bond acceptors (Lipinski definition) is 4. The van der Waals surface area contributed by atoms with Crippen molar-refractivity contribution in [2.24, 2.45) is 0 Å². The fourth-order valence-corrected chi connectivity index (χ4v) is 2.27. The van der Waals surface area contributed by atoms with E-state index in [0.717, 1.165) is 0 Å². The lowest BCUT2D eigenvalue weighted by Gasteiger charge is -2.07. The molecule has 0 bridgehead atoms. The molecule has 0 aliphatic heterocycles. The van der Waals surface area contributed by atoms with Gasteiger partial charge < -0.3 is 9.15 Å². The maximum Gasteiger partial charge on any atom is 0.420 e. The minimum Gasteiger partial charge on any atom is -0.496 e. The Morgan fingerprint density at radius 3 is 2.67 bits per heavy atom. The molecule has 0 amide bonds. The molecule has 0 aliphatic carbocycles. The smallest absolute Gasteiger partial charge is 0.420 e. The molecule has 0 saturated heterocycles. The molecular formula is C16H13NO4. The van der Waals surface area contributed by atoms with Gasteiger partial charge in [0.1, 0.15) is 5.75 Å². The predicted molar refractivity (Wildman–Crippen MR) is 77.8 cm³/mol. The minimum atomic E-state index is -0.542. The summed E-state index contributed by atoms with van der Waals surface area (Å²) >= 11 is 0. The summed E-state index contributed by atoms with van der Waals surface area (Å²) in [6.45, 7) is -0.0871. The van der Waals surface area contributed by atoms with E-state index in [4.69, 9.17) is 9.15 Å². The van der Waals surface area contributed by atoms with Gasteiger partial charge in [-0.15, -0.1) is 0 Å². The topological polar surface area (TPSA) is 61.4 Å². The number of hydrogen-bond donors (Lipinski definition) is 0. The first kappa shape index (κ1) is 13.2. The highest BCUT2D eigenvalue weighted by Crippen LogP contribution is 2.19. The van der Waals surface area contributed by atoms with E-state index in [9.17, 15) is 9.59 Å². The number of fused-ring (bicyclic) bond motifs is 1. The Bertz CT molecular complexity index is 860. The molecule has 0 spiro atoms. The second-order valence-corrected chi connectivity index (χ2v) is 4.55. The zero-order valence-corrected chi connectivity index (χ0v) is 11.4. The van der Waals surface area contributed by atoms with Gasteiger partial charge in [0.05, 0.1) is 24.7 Å². The Morgan fingerprint density at radius 1 is 1.14 bits per heavy atom. The van der Waals surface area contributed by atoms with Crippen LogP contribution in [0.1, 0.15) is 10.4 Å². The van der Waals surface area contributed by atoms with Gasteiger partial charge in [0.25, 0.3) is 0 Å². The zero-order chi connectivity index (χ0) is 14.8. The molecule has 2 aromatic carbocycles. The molecule has 0 N–H and O–H groups in total. The molecule has 0 fully saturated rings. The third-order valence-corrected chi connectivity index (χ3v) is 3.28. The van der Waals surface area contributed by atoms with Crippen molar-refractivity contribution in [1.82, 2.24) is 4.57 Å². The van der Waals surface area contributed by atoms with E-state index >= 15 is 0 Å². The van der Waals surface area contributed by atoms with Crippen LogP contribution in [-0.4, -0.2) is 17.5 Å². The SMILES string of the molecule is COc1ccccc1C(=O)Cn1c(=O)oc2ccccc21. The van der Waals surface area contributed by atoms with E-state index in [1.54, 1.807) is 48.5 Å². The van der Waals surface area contributed by atoms with Crippen LogP contribution in [0.25, 0.3) is 11.1 Å². The van der Waals surface area contributed by atoms with Gasteiger partial charge in [-0.25, -0.2) is 4.79 Å². The number of benzene rings is 2. The van der Waals surface area contributed by atoms with Crippen molar-refractivity contribution in [3.05, 3.63) is 64.6 Å². The third kappa shape index (κ3) is 2.33. The van der Waals surface area contributed by atoms with Crippen LogP contribution in [0.3, 0.4) is 0 Å². The summed E-state index contributed by atoms with van der Waals surface area (Å²) in [7, 11) is 1.51. The Kier molecular flexibility index (Phi) is 3.31. The summed E-state index contributed by atoms with van der Waals surface area (Å²) < 4.78 is 11.6. The number of ketones is 1. The lowest BCUT2D eigenvalue weighted by atomic mass is 10.1. The molecule has 3 aromatic rings. The van der Waals surface area contributed by atoms with E-state index in [-0.39, 0.29) is 12.3 Å². The number of para-hydroxylation sites is 3. The molecule has 1 aromatic heterocycles. The Balaban J connectivity index is 2.01. The van der Waals surface area contributed by atoms with E-state index in [1.165, 1.54) is 11.7 Å². The van der Waals surface area contributed by atoms with Gasteiger partial charge in [0.2, 0.25) is 0 Å². The normalized spacial score (nSPS) is 10.7. The zero-order valence-electron chi connectivity index (χ0n) is 11.4. The van der Waals surface area contributed by atoms with Gasteiger partial charge in [-0.2, -0.15) is 0 Å². The number of methoxy groups -OCH3 is 1. The third-order valence-electron chi connectivity index (χ3n) is 3.28. The molecule has 106 valence electrons. The van der Waals surface area contributed by atoms with Crippen molar-refractivity contribution in [2.75, 3.05) is 7.11 Å². The summed E-state index contributed by atoms with van der Waals surface area (Å²) in [6.07, 6.45) is 0. The van der Waals surface area contributed by atoms with E-state index < -0.39 is 5.76 Å². The lowest BCUT2D eigenvalue weighted by molar-refractivity contribution is 0.0967. The van der Waals surface area contributed by atoms with Crippen LogP contribution in [-0.2, 0) is 6.54 Å². The fourth-order valence-electron chi connectivity index (χ4n) is 2.27. The van der Waals surface area contributed by atoms with Crippen molar-refractivity contribution < 1.29 is 13.9 Å². The molecule has 0 radical (unpaired) electrons. The van der Waals surface area contributed by atoms with E-state index in [2.05, 4.69) is 0 Å². The molecule has 5 nitrogen and oxygen atoms in total. The lowest BCUT2D eigenvalue weighted by Crippen LogP contribution is -2.20. The van der Waals surface area contributed by atoms with Gasteiger partial charge >= 0.3 is 5.76 Å². The molecular weight excluding hydrogens is 270 g/mol. The first-order valence-electron chi connectivity index (χ1n) is 6.45. The summed E-state index contributed by atoms with van der Waals surface area (Å²) in [5.74, 6) is -0.260. The van der Waals surface area contributed by atoms with Crippen LogP contribution in [0.15, 0.2) is 57.7 Å². The van der Waals surface area contributed by atoms with Crippen molar-refractivity contribution in [3.63, 3.8) is 0 Å². The number of rotatable bonds is 4. The number of carbonyl (C=O) groups excluding carboxylic acids is 1.